The Morgan fingerprint density at radius 1 is 0.972 bits per heavy atom. The van der Waals surface area contributed by atoms with E-state index >= 15 is 0 Å². The molecule has 0 aromatic heterocycles. The Morgan fingerprint density at radius 2 is 1.64 bits per heavy atom. The van der Waals surface area contributed by atoms with Gasteiger partial charge in [0.1, 0.15) is 0 Å². The van der Waals surface area contributed by atoms with Crippen molar-refractivity contribution in [1.29, 1.82) is 0 Å². The number of nitrogens with one attached hydrogen (secondary N) is 1. The van der Waals surface area contributed by atoms with Crippen LogP contribution in [0.4, 0.5) is 5.69 Å². The fourth-order valence-electron chi connectivity index (χ4n) is 4.05. The number of rotatable bonds is 12. The number of hydrogen-bond donors (Lipinski definition) is 1. The molecule has 192 valence electrons. The molecule has 1 N–H and O–H groups in total. The van der Waals surface area contributed by atoms with Gasteiger partial charge in [0.2, 0.25) is 0 Å². The number of aryl methyl sites for hydroxylation is 1. The second kappa shape index (κ2) is 12.9. The average molecular weight is 527 g/mol. The summed E-state index contributed by atoms with van der Waals surface area (Å²) < 4.78 is 29.1. The normalized spacial score (nSPS) is 12.2. The predicted molar refractivity (Wildman–Crippen MR) is 148 cm³/mol. The summed E-state index contributed by atoms with van der Waals surface area (Å²) in [6, 6.07) is 20.7. The molecule has 3 aromatic carbocycles. The van der Waals surface area contributed by atoms with Crippen molar-refractivity contribution in [2.45, 2.75) is 57.9 Å². The Hall–Kier alpha value is -2.83. The predicted octanol–water partition coefficient (Wildman–Crippen LogP) is 6.99. The van der Waals surface area contributed by atoms with Crippen LogP contribution in [-0.4, -0.2) is 20.9 Å². The number of hydrogen-bond acceptors (Lipinski definition) is 3. The van der Waals surface area contributed by atoms with E-state index in [1.807, 2.05) is 6.92 Å². The monoisotopic (exact) mass is 526 g/mol. The van der Waals surface area contributed by atoms with Gasteiger partial charge in [-0.2, -0.15) is 0 Å². The highest BCUT2D eigenvalue weighted by Crippen LogP contribution is 2.30. The van der Waals surface area contributed by atoms with Crippen molar-refractivity contribution in [3.8, 4) is 0 Å². The van der Waals surface area contributed by atoms with Gasteiger partial charge in [0.15, 0.2) is 0 Å². The number of carbonyl (C=O) groups excluding carboxylic acids is 1. The van der Waals surface area contributed by atoms with Gasteiger partial charge in [0.05, 0.1) is 22.7 Å². The third-order valence-electron chi connectivity index (χ3n) is 6.36. The first kappa shape index (κ1) is 27.8. The number of amides is 1. The van der Waals surface area contributed by atoms with E-state index in [4.69, 9.17) is 11.6 Å². The summed E-state index contributed by atoms with van der Waals surface area (Å²) >= 11 is 6.05. The van der Waals surface area contributed by atoms with E-state index in [9.17, 15) is 13.2 Å². The van der Waals surface area contributed by atoms with Crippen molar-refractivity contribution in [2.75, 3.05) is 10.8 Å². The molecule has 0 spiro atoms. The fraction of sp³-hybridized carbons (Fsp3) is 0.345. The fourth-order valence-corrected chi connectivity index (χ4v) is 5.65. The van der Waals surface area contributed by atoms with E-state index in [1.54, 1.807) is 72.8 Å². The Labute approximate surface area is 220 Å². The number of benzene rings is 3. The minimum Gasteiger partial charge on any atom is -0.352 e. The van der Waals surface area contributed by atoms with E-state index in [1.165, 1.54) is 4.31 Å². The van der Waals surface area contributed by atoms with E-state index in [0.29, 0.717) is 28.7 Å². The number of halogens is 1. The minimum absolute atomic E-state index is 0.0613. The molecule has 0 aliphatic carbocycles. The van der Waals surface area contributed by atoms with Crippen LogP contribution in [0.1, 0.15) is 61.0 Å². The lowest BCUT2D eigenvalue weighted by Gasteiger charge is -2.27. The highest BCUT2D eigenvalue weighted by Gasteiger charge is 2.28. The van der Waals surface area contributed by atoms with Crippen molar-refractivity contribution in [2.24, 2.45) is 5.92 Å². The van der Waals surface area contributed by atoms with Gasteiger partial charge < -0.3 is 5.32 Å². The van der Waals surface area contributed by atoms with Crippen molar-refractivity contribution in [3.05, 3.63) is 94.5 Å². The van der Waals surface area contributed by atoms with Crippen LogP contribution in [0.25, 0.3) is 0 Å². The van der Waals surface area contributed by atoms with Gasteiger partial charge in [-0.15, -0.1) is 0 Å². The van der Waals surface area contributed by atoms with Gasteiger partial charge in [0.25, 0.3) is 15.9 Å². The molecule has 1 atom stereocenters. The quantitative estimate of drug-likeness (QED) is 0.276. The van der Waals surface area contributed by atoms with E-state index in [2.05, 4.69) is 19.2 Å². The lowest BCUT2D eigenvalue weighted by Crippen LogP contribution is -2.34. The van der Waals surface area contributed by atoms with Gasteiger partial charge in [-0.25, -0.2) is 8.42 Å². The SMILES string of the molecule is CCCC[C@@H](CC)CNC(=O)c1ccccc1N(Cc1ccc(Cl)cc1)S(=O)(=O)c1ccc(C)cc1. The molecule has 0 saturated heterocycles. The highest BCUT2D eigenvalue weighted by molar-refractivity contribution is 7.92. The van der Waals surface area contributed by atoms with Crippen LogP contribution in [0.15, 0.2) is 77.7 Å². The Kier molecular flexibility index (Phi) is 9.97. The van der Waals surface area contributed by atoms with Crippen LogP contribution in [0.5, 0.6) is 0 Å². The number of nitrogens with zero attached hydrogens (tertiary/aromatic N) is 1. The number of unbranched alkanes of at least 4 members (excludes halogenated alkanes) is 1. The molecule has 5 nitrogen and oxygen atoms in total. The first-order valence-corrected chi connectivity index (χ1v) is 14.3. The van der Waals surface area contributed by atoms with Gasteiger partial charge in [-0.3, -0.25) is 9.10 Å². The Bertz CT molecular complexity index is 1240. The molecule has 1 amide bonds. The first-order valence-electron chi connectivity index (χ1n) is 12.5. The third kappa shape index (κ3) is 7.11. The maximum absolute atomic E-state index is 13.9. The second-order valence-corrected chi connectivity index (χ2v) is 11.4. The van der Waals surface area contributed by atoms with Gasteiger partial charge in [-0.05, 0) is 61.2 Å². The molecule has 0 fully saturated rings. The molecule has 3 rings (SSSR count). The Morgan fingerprint density at radius 3 is 2.28 bits per heavy atom. The summed E-state index contributed by atoms with van der Waals surface area (Å²) in [5, 5.41) is 3.62. The third-order valence-corrected chi connectivity index (χ3v) is 8.39. The summed E-state index contributed by atoms with van der Waals surface area (Å²) in [7, 11) is -3.96. The van der Waals surface area contributed by atoms with E-state index < -0.39 is 10.0 Å². The molecule has 3 aromatic rings. The molecule has 36 heavy (non-hydrogen) atoms. The zero-order valence-corrected chi connectivity index (χ0v) is 22.8. The van der Waals surface area contributed by atoms with Crippen molar-refractivity contribution >= 4 is 33.2 Å². The summed E-state index contributed by atoms with van der Waals surface area (Å²) in [5.41, 5.74) is 2.39. The molecular weight excluding hydrogens is 492 g/mol. The van der Waals surface area contributed by atoms with Gasteiger partial charge in [-0.1, -0.05) is 86.7 Å². The van der Waals surface area contributed by atoms with Gasteiger partial charge >= 0.3 is 0 Å². The summed E-state index contributed by atoms with van der Waals surface area (Å²) in [6.45, 7) is 6.82. The van der Waals surface area contributed by atoms with Crippen LogP contribution in [-0.2, 0) is 16.6 Å². The maximum Gasteiger partial charge on any atom is 0.264 e. The zero-order chi connectivity index (χ0) is 26.1. The van der Waals surface area contributed by atoms with E-state index in [0.717, 1.165) is 36.8 Å². The number of carbonyl (C=O) groups is 1. The molecule has 0 aliphatic heterocycles. The van der Waals surface area contributed by atoms with Crippen LogP contribution in [0.2, 0.25) is 5.02 Å². The topological polar surface area (TPSA) is 66.5 Å². The average Bonchev–Trinajstić information content (AvgIpc) is 2.88. The summed E-state index contributed by atoms with van der Waals surface area (Å²) in [4.78, 5) is 13.5. The molecule has 0 radical (unpaired) electrons. The molecule has 0 heterocycles. The van der Waals surface area contributed by atoms with E-state index in [-0.39, 0.29) is 17.3 Å². The molecule has 0 unspecified atom stereocenters. The molecule has 0 saturated carbocycles. The number of sulfonamides is 1. The first-order chi connectivity index (χ1) is 17.3. The second-order valence-electron chi connectivity index (χ2n) is 9.09. The molecule has 7 heteroatoms. The van der Waals surface area contributed by atoms with Crippen LogP contribution in [0.3, 0.4) is 0 Å². The lowest BCUT2D eigenvalue weighted by molar-refractivity contribution is 0.0946. The zero-order valence-electron chi connectivity index (χ0n) is 21.2. The summed E-state index contributed by atoms with van der Waals surface area (Å²) in [5.74, 6) is 0.114. The van der Waals surface area contributed by atoms with Crippen molar-refractivity contribution in [3.63, 3.8) is 0 Å². The van der Waals surface area contributed by atoms with Crippen molar-refractivity contribution < 1.29 is 13.2 Å². The largest absolute Gasteiger partial charge is 0.352 e. The standard InChI is InChI=1S/C29H35ClN2O3S/c1-4-6-9-23(5-2)20-31-29(33)27-10-7-8-11-28(27)32(21-24-14-16-25(30)17-15-24)36(34,35)26-18-12-22(3)13-19-26/h7-8,10-19,23H,4-6,9,20-21H2,1-3H3,(H,31,33)/t23-/m1/s1. The van der Waals surface area contributed by atoms with Crippen LogP contribution < -0.4 is 9.62 Å². The minimum atomic E-state index is -3.96. The van der Waals surface area contributed by atoms with Crippen LogP contribution in [0, 0.1) is 12.8 Å². The maximum atomic E-state index is 13.9. The molecule has 0 aliphatic rings. The molecular formula is C29H35ClN2O3S. The smallest absolute Gasteiger partial charge is 0.264 e. The summed E-state index contributed by atoms with van der Waals surface area (Å²) in [6.07, 6.45) is 4.27. The Balaban J connectivity index is 1.99. The van der Waals surface area contributed by atoms with Crippen LogP contribution >= 0.6 is 11.6 Å². The number of para-hydroxylation sites is 1. The van der Waals surface area contributed by atoms with Gasteiger partial charge in [0, 0.05) is 11.6 Å². The van der Waals surface area contributed by atoms with Crippen molar-refractivity contribution in [1.82, 2.24) is 5.32 Å². The lowest BCUT2D eigenvalue weighted by atomic mass is 9.99. The highest BCUT2D eigenvalue weighted by atomic mass is 35.5. The molecule has 0 bridgehead atoms. The number of anilines is 1.